The molecule has 0 aromatic heterocycles. The fourth-order valence-electron chi connectivity index (χ4n) is 0.515. The molecule has 0 heterocycles. The van der Waals surface area contributed by atoms with Crippen molar-refractivity contribution in [1.82, 2.24) is 5.32 Å². The summed E-state index contributed by atoms with van der Waals surface area (Å²) < 4.78 is 17.4. The van der Waals surface area contributed by atoms with Crippen molar-refractivity contribution in [2.75, 3.05) is 6.61 Å². The number of hydrogen-bond donors (Lipinski definition) is 1. The Morgan fingerprint density at radius 2 is 2.08 bits per heavy atom. The van der Waals surface area contributed by atoms with Crippen LogP contribution in [0.2, 0.25) is 0 Å². The molecular formula is C8H16FNO2. The van der Waals surface area contributed by atoms with Crippen LogP contribution >= 0.6 is 0 Å². The normalized spacial score (nSPS) is 11.5. The van der Waals surface area contributed by atoms with E-state index in [1.54, 1.807) is 0 Å². The standard InChI is InChI=1S/C8H16FNO2/c1-6(2)10-7(11)12-5-8(3,4)9/h6H,5H2,1-4H3,(H,10,11). The zero-order chi connectivity index (χ0) is 9.78. The zero-order valence-electron chi connectivity index (χ0n) is 7.98. The molecule has 1 amide bonds. The Bertz CT molecular complexity index is 152. The summed E-state index contributed by atoms with van der Waals surface area (Å²) in [5.41, 5.74) is -1.46. The third kappa shape index (κ3) is 7.31. The van der Waals surface area contributed by atoms with E-state index in [1.165, 1.54) is 13.8 Å². The lowest BCUT2D eigenvalue weighted by atomic mass is 10.2. The van der Waals surface area contributed by atoms with Crippen LogP contribution in [0.25, 0.3) is 0 Å². The summed E-state index contributed by atoms with van der Waals surface area (Å²) in [4.78, 5) is 10.8. The topological polar surface area (TPSA) is 38.3 Å². The molecule has 0 rings (SSSR count). The molecule has 0 spiro atoms. The van der Waals surface area contributed by atoms with Gasteiger partial charge in [0.25, 0.3) is 0 Å². The van der Waals surface area contributed by atoms with Crippen LogP contribution in [0, 0.1) is 0 Å². The number of amides is 1. The maximum absolute atomic E-state index is 12.8. The Kier molecular flexibility index (Phi) is 4.00. The predicted molar refractivity (Wildman–Crippen MR) is 44.8 cm³/mol. The SMILES string of the molecule is CC(C)NC(=O)OCC(C)(C)F. The summed E-state index contributed by atoms with van der Waals surface area (Å²) in [6.45, 7) is 6.11. The van der Waals surface area contributed by atoms with Crippen molar-refractivity contribution in [3.05, 3.63) is 0 Å². The first-order valence-corrected chi connectivity index (χ1v) is 3.93. The van der Waals surface area contributed by atoms with Gasteiger partial charge in [-0.15, -0.1) is 0 Å². The summed E-state index contributed by atoms with van der Waals surface area (Å²) in [5, 5.41) is 2.49. The van der Waals surface area contributed by atoms with Crippen LogP contribution in [0.5, 0.6) is 0 Å². The summed E-state index contributed by atoms with van der Waals surface area (Å²) in [7, 11) is 0. The fraction of sp³-hybridized carbons (Fsp3) is 0.875. The van der Waals surface area contributed by atoms with Gasteiger partial charge in [0.1, 0.15) is 12.3 Å². The molecule has 0 aromatic rings. The maximum atomic E-state index is 12.8. The number of carbonyl (C=O) groups excluding carboxylic acids is 1. The van der Waals surface area contributed by atoms with E-state index in [0.29, 0.717) is 0 Å². The molecule has 12 heavy (non-hydrogen) atoms. The van der Waals surface area contributed by atoms with Crippen molar-refractivity contribution >= 4 is 6.09 Å². The van der Waals surface area contributed by atoms with Crippen molar-refractivity contribution < 1.29 is 13.9 Å². The van der Waals surface area contributed by atoms with Gasteiger partial charge >= 0.3 is 6.09 Å². The molecule has 3 nitrogen and oxygen atoms in total. The number of hydrogen-bond acceptors (Lipinski definition) is 2. The van der Waals surface area contributed by atoms with Crippen molar-refractivity contribution in [2.24, 2.45) is 0 Å². The molecule has 0 saturated heterocycles. The zero-order valence-corrected chi connectivity index (χ0v) is 7.98. The minimum absolute atomic E-state index is 0.0141. The van der Waals surface area contributed by atoms with E-state index in [4.69, 9.17) is 0 Å². The van der Waals surface area contributed by atoms with E-state index in [1.807, 2.05) is 13.8 Å². The van der Waals surface area contributed by atoms with E-state index in [-0.39, 0.29) is 12.6 Å². The third-order valence-corrected chi connectivity index (χ3v) is 0.953. The van der Waals surface area contributed by atoms with Gasteiger partial charge in [0.15, 0.2) is 0 Å². The molecule has 0 aliphatic heterocycles. The van der Waals surface area contributed by atoms with E-state index >= 15 is 0 Å². The Hall–Kier alpha value is -0.800. The van der Waals surface area contributed by atoms with Crippen molar-refractivity contribution in [2.45, 2.75) is 39.4 Å². The predicted octanol–water partition coefficient (Wildman–Crippen LogP) is 1.87. The molecule has 0 aliphatic rings. The van der Waals surface area contributed by atoms with Gasteiger partial charge in [0, 0.05) is 6.04 Å². The lowest BCUT2D eigenvalue weighted by Crippen LogP contribution is -2.34. The number of alkyl halides is 1. The fourth-order valence-corrected chi connectivity index (χ4v) is 0.515. The third-order valence-electron chi connectivity index (χ3n) is 0.953. The molecule has 72 valence electrons. The Labute approximate surface area is 72.3 Å². The highest BCUT2D eigenvalue weighted by Gasteiger charge is 2.18. The van der Waals surface area contributed by atoms with Crippen molar-refractivity contribution in [1.29, 1.82) is 0 Å². The van der Waals surface area contributed by atoms with E-state index < -0.39 is 11.8 Å². The Morgan fingerprint density at radius 1 is 1.58 bits per heavy atom. The summed E-state index contributed by atoms with van der Waals surface area (Å²) in [5.74, 6) is 0. The molecule has 1 N–H and O–H groups in total. The molecule has 0 atom stereocenters. The second-order valence-corrected chi connectivity index (χ2v) is 3.59. The number of alkyl carbamates (subject to hydrolysis) is 1. The molecule has 4 heteroatoms. The summed E-state index contributed by atoms with van der Waals surface area (Å²) in [6, 6.07) is 0.0141. The number of ether oxygens (including phenoxy) is 1. The minimum atomic E-state index is -1.46. The Balaban J connectivity index is 3.58. The smallest absolute Gasteiger partial charge is 0.407 e. The van der Waals surface area contributed by atoms with Gasteiger partial charge in [-0.1, -0.05) is 0 Å². The number of carbonyl (C=O) groups is 1. The van der Waals surface area contributed by atoms with E-state index in [2.05, 4.69) is 10.1 Å². The van der Waals surface area contributed by atoms with Crippen LogP contribution in [0.4, 0.5) is 9.18 Å². The molecule has 0 radical (unpaired) electrons. The lowest BCUT2D eigenvalue weighted by Gasteiger charge is -2.15. The molecule has 0 aromatic carbocycles. The molecule has 0 aliphatic carbocycles. The monoisotopic (exact) mass is 177 g/mol. The largest absolute Gasteiger partial charge is 0.446 e. The molecule has 0 bridgehead atoms. The first-order chi connectivity index (χ1) is 5.31. The summed E-state index contributed by atoms with van der Waals surface area (Å²) >= 11 is 0. The molecule has 0 unspecified atom stereocenters. The Morgan fingerprint density at radius 3 is 2.42 bits per heavy atom. The van der Waals surface area contributed by atoms with Crippen LogP contribution in [0.1, 0.15) is 27.7 Å². The number of rotatable bonds is 3. The highest BCUT2D eigenvalue weighted by molar-refractivity contribution is 5.67. The van der Waals surface area contributed by atoms with Gasteiger partial charge < -0.3 is 10.1 Å². The van der Waals surface area contributed by atoms with Gasteiger partial charge in [-0.3, -0.25) is 0 Å². The molecule has 0 saturated carbocycles. The van der Waals surface area contributed by atoms with Crippen LogP contribution in [-0.4, -0.2) is 24.4 Å². The first-order valence-electron chi connectivity index (χ1n) is 3.93. The van der Waals surface area contributed by atoms with Crippen molar-refractivity contribution in [3.8, 4) is 0 Å². The summed E-state index contributed by atoms with van der Waals surface area (Å²) in [6.07, 6.45) is -0.573. The minimum Gasteiger partial charge on any atom is -0.446 e. The van der Waals surface area contributed by atoms with Gasteiger partial charge in [-0.2, -0.15) is 0 Å². The second-order valence-electron chi connectivity index (χ2n) is 3.59. The van der Waals surface area contributed by atoms with Crippen molar-refractivity contribution in [3.63, 3.8) is 0 Å². The average molecular weight is 177 g/mol. The van der Waals surface area contributed by atoms with E-state index in [9.17, 15) is 9.18 Å². The number of nitrogens with one attached hydrogen (secondary N) is 1. The highest BCUT2D eigenvalue weighted by atomic mass is 19.1. The van der Waals surface area contributed by atoms with Crippen LogP contribution < -0.4 is 5.32 Å². The molecular weight excluding hydrogens is 161 g/mol. The van der Waals surface area contributed by atoms with Crippen LogP contribution in [-0.2, 0) is 4.74 Å². The van der Waals surface area contributed by atoms with Crippen LogP contribution in [0.3, 0.4) is 0 Å². The second kappa shape index (κ2) is 4.28. The lowest BCUT2D eigenvalue weighted by molar-refractivity contribution is 0.0705. The average Bonchev–Trinajstić information content (AvgIpc) is 1.80. The van der Waals surface area contributed by atoms with Gasteiger partial charge in [-0.05, 0) is 27.7 Å². The first kappa shape index (κ1) is 11.2. The quantitative estimate of drug-likeness (QED) is 0.714. The number of halogens is 1. The maximum Gasteiger partial charge on any atom is 0.407 e. The van der Waals surface area contributed by atoms with Crippen LogP contribution in [0.15, 0.2) is 0 Å². The van der Waals surface area contributed by atoms with E-state index in [0.717, 1.165) is 0 Å². The van der Waals surface area contributed by atoms with Gasteiger partial charge in [0.2, 0.25) is 0 Å². The van der Waals surface area contributed by atoms with Gasteiger partial charge in [0.05, 0.1) is 0 Å². The highest BCUT2D eigenvalue weighted by Crippen LogP contribution is 2.07. The van der Waals surface area contributed by atoms with Gasteiger partial charge in [-0.25, -0.2) is 9.18 Å². The molecule has 0 fully saturated rings.